The lowest BCUT2D eigenvalue weighted by atomic mass is 10.0. The standard InChI is InChI=1S/C31H33F3N5O4S/c1-31(2,3)43-30(41)36-17-7-6-12-39(16-17)28-19-8-5-9-23(19)35-15-25(28)38-29(40)24-11-10-20(32)27(37-24)26-21(33)13-18(44(4)42)14-22(26)34/h9-11,13-15,17H,5-8,12,16H2,1-4H3,(H,36,41)(H,38,40)/t17-,44?/m0/s1. The van der Waals surface area contributed by atoms with Crippen LogP contribution in [0.5, 0.6) is 0 Å². The van der Waals surface area contributed by atoms with Gasteiger partial charge in [-0.15, -0.1) is 0 Å². The van der Waals surface area contributed by atoms with E-state index in [1.54, 1.807) is 20.8 Å². The zero-order valence-corrected chi connectivity index (χ0v) is 25.6. The highest BCUT2D eigenvalue weighted by Crippen LogP contribution is 2.39. The van der Waals surface area contributed by atoms with E-state index in [0.29, 0.717) is 25.2 Å². The largest absolute Gasteiger partial charge is 0.612 e. The third-order valence-electron chi connectivity index (χ3n) is 7.28. The maximum Gasteiger partial charge on any atom is 0.407 e. The van der Waals surface area contributed by atoms with Gasteiger partial charge in [0.1, 0.15) is 40.7 Å². The second kappa shape index (κ2) is 12.6. The third kappa shape index (κ3) is 6.94. The van der Waals surface area contributed by atoms with Crippen LogP contribution in [0.3, 0.4) is 0 Å². The number of halogens is 3. The number of nitrogens with zero attached hydrogens (tertiary/aromatic N) is 3. The molecule has 13 heteroatoms. The van der Waals surface area contributed by atoms with Crippen LogP contribution in [0.25, 0.3) is 11.3 Å². The summed E-state index contributed by atoms with van der Waals surface area (Å²) < 4.78 is 61.7. The number of ether oxygens (including phenoxy) is 1. The lowest BCUT2D eigenvalue weighted by Gasteiger charge is -2.37. The number of piperidine rings is 1. The molecule has 0 bridgehead atoms. The second-order valence-electron chi connectivity index (χ2n) is 11.8. The Kier molecular flexibility index (Phi) is 9.07. The number of rotatable bonds is 6. The third-order valence-corrected chi connectivity index (χ3v) is 8.18. The maximum atomic E-state index is 14.9. The highest BCUT2D eigenvalue weighted by atomic mass is 32.2. The summed E-state index contributed by atoms with van der Waals surface area (Å²) >= 11 is -1.67. The van der Waals surface area contributed by atoms with Gasteiger partial charge in [-0.3, -0.25) is 9.78 Å². The number of aromatic nitrogens is 2. The molecular formula is C31H33F3N5O4S. The molecule has 9 nitrogen and oxygen atoms in total. The van der Waals surface area contributed by atoms with Crippen molar-refractivity contribution in [3.05, 3.63) is 71.3 Å². The van der Waals surface area contributed by atoms with Crippen molar-refractivity contribution in [1.82, 2.24) is 15.3 Å². The quantitative estimate of drug-likeness (QED) is 0.344. The molecule has 1 aromatic carbocycles. The molecule has 2 aromatic heterocycles. The molecule has 0 saturated carbocycles. The highest BCUT2D eigenvalue weighted by Gasteiger charge is 2.30. The summed E-state index contributed by atoms with van der Waals surface area (Å²) in [7, 11) is 0. The Morgan fingerprint density at radius 1 is 1.14 bits per heavy atom. The molecule has 1 fully saturated rings. The van der Waals surface area contributed by atoms with Gasteiger partial charge in [-0.25, -0.2) is 22.9 Å². The van der Waals surface area contributed by atoms with Crippen molar-refractivity contribution in [2.24, 2.45) is 0 Å². The minimum absolute atomic E-state index is 0.104. The minimum atomic E-state index is -1.67. The summed E-state index contributed by atoms with van der Waals surface area (Å²) in [5.41, 5.74) is 0.550. The topological polar surface area (TPSA) is 120 Å². The first-order valence-corrected chi connectivity index (χ1v) is 15.8. The van der Waals surface area contributed by atoms with E-state index in [4.69, 9.17) is 4.74 Å². The Morgan fingerprint density at radius 3 is 2.55 bits per heavy atom. The summed E-state index contributed by atoms with van der Waals surface area (Å²) in [5.74, 6) is -4.07. The molecule has 3 aromatic rings. The van der Waals surface area contributed by atoms with Crippen LogP contribution >= 0.6 is 0 Å². The number of amides is 2. The number of hydrogen-bond donors (Lipinski definition) is 2. The van der Waals surface area contributed by atoms with E-state index in [2.05, 4.69) is 25.5 Å². The Morgan fingerprint density at radius 2 is 1.86 bits per heavy atom. The molecule has 1 aliphatic carbocycles. The van der Waals surface area contributed by atoms with E-state index in [0.717, 1.165) is 60.5 Å². The van der Waals surface area contributed by atoms with Crippen molar-refractivity contribution < 1.29 is 32.0 Å². The fourth-order valence-corrected chi connectivity index (χ4v) is 5.97. The van der Waals surface area contributed by atoms with Gasteiger partial charge in [0.2, 0.25) is 0 Å². The van der Waals surface area contributed by atoms with Gasteiger partial charge in [0.05, 0.1) is 23.1 Å². The fraction of sp³-hybridized carbons (Fsp3) is 0.387. The Bertz CT molecular complexity index is 1570. The molecule has 1 aliphatic heterocycles. The van der Waals surface area contributed by atoms with Crippen LogP contribution in [0, 0.1) is 23.9 Å². The van der Waals surface area contributed by atoms with Gasteiger partial charge in [0, 0.05) is 43.4 Å². The van der Waals surface area contributed by atoms with E-state index >= 15 is 0 Å². The molecule has 1 radical (unpaired) electrons. The van der Waals surface area contributed by atoms with Gasteiger partial charge in [-0.1, -0.05) is 0 Å². The lowest BCUT2D eigenvalue weighted by molar-refractivity contribution is 0.0500. The van der Waals surface area contributed by atoms with Crippen LogP contribution in [-0.2, 0) is 22.3 Å². The minimum Gasteiger partial charge on any atom is -0.612 e. The highest BCUT2D eigenvalue weighted by molar-refractivity contribution is 7.90. The predicted molar refractivity (Wildman–Crippen MR) is 160 cm³/mol. The first kappa shape index (κ1) is 31.6. The van der Waals surface area contributed by atoms with E-state index in [-0.39, 0.29) is 16.6 Å². The number of hydrogen-bond acceptors (Lipinski definition) is 7. The van der Waals surface area contributed by atoms with Gasteiger partial charge in [0.15, 0.2) is 4.90 Å². The van der Waals surface area contributed by atoms with Crippen molar-refractivity contribution in [2.75, 3.05) is 29.6 Å². The SMILES string of the molecule is C[S+]([O-])c1cc(F)c(-c2nc(C(=O)Nc3cnc4c(c3N3CCC[C@H](NC(=O)OC(C)(C)C)C3)CC[CH]4)ccc2F)c(F)c1. The normalized spacial score (nSPS) is 17.2. The molecule has 44 heavy (non-hydrogen) atoms. The van der Waals surface area contributed by atoms with Crippen LogP contribution in [0.15, 0.2) is 35.4 Å². The van der Waals surface area contributed by atoms with Crippen LogP contribution < -0.4 is 15.5 Å². The molecule has 3 heterocycles. The first-order valence-electron chi connectivity index (χ1n) is 14.2. The van der Waals surface area contributed by atoms with E-state index in [1.807, 2.05) is 6.42 Å². The summed E-state index contributed by atoms with van der Waals surface area (Å²) in [6, 6.07) is 3.54. The van der Waals surface area contributed by atoms with Crippen molar-refractivity contribution in [3.63, 3.8) is 0 Å². The molecule has 1 saturated heterocycles. The van der Waals surface area contributed by atoms with Crippen molar-refractivity contribution in [2.45, 2.75) is 63.0 Å². The molecule has 2 amide bonds. The second-order valence-corrected chi connectivity index (χ2v) is 13.1. The van der Waals surface area contributed by atoms with E-state index in [9.17, 15) is 27.3 Å². The number of alkyl carbamates (subject to hydrolysis) is 1. The van der Waals surface area contributed by atoms with Crippen LogP contribution in [0.4, 0.5) is 29.3 Å². The first-order chi connectivity index (χ1) is 20.8. The zero-order valence-electron chi connectivity index (χ0n) is 24.8. The monoisotopic (exact) mass is 628 g/mol. The van der Waals surface area contributed by atoms with Crippen LogP contribution in [-0.4, -0.2) is 57.5 Å². The van der Waals surface area contributed by atoms with E-state index < -0.39 is 57.5 Å². The molecular weight excluding hydrogens is 595 g/mol. The maximum absolute atomic E-state index is 14.9. The van der Waals surface area contributed by atoms with E-state index in [1.165, 1.54) is 12.5 Å². The van der Waals surface area contributed by atoms with Crippen molar-refractivity contribution in [3.8, 4) is 11.3 Å². The average molecular weight is 629 g/mol. The number of carbonyl (C=O) groups is 2. The molecule has 2 N–H and O–H groups in total. The lowest BCUT2D eigenvalue weighted by Crippen LogP contribution is -2.49. The molecule has 1 unspecified atom stereocenters. The summed E-state index contributed by atoms with van der Waals surface area (Å²) in [5, 5.41) is 5.75. The van der Waals surface area contributed by atoms with Gasteiger partial charge in [-0.2, -0.15) is 0 Å². The molecule has 233 valence electrons. The summed E-state index contributed by atoms with van der Waals surface area (Å²) in [4.78, 5) is 36.4. The van der Waals surface area contributed by atoms with Crippen LogP contribution in [0.2, 0.25) is 0 Å². The fourth-order valence-electron chi connectivity index (χ4n) is 5.43. The van der Waals surface area contributed by atoms with Crippen molar-refractivity contribution in [1.29, 1.82) is 0 Å². The molecule has 2 atom stereocenters. The number of fused-ring (bicyclic) bond motifs is 1. The average Bonchev–Trinajstić information content (AvgIpc) is 3.41. The molecule has 5 rings (SSSR count). The van der Waals surface area contributed by atoms with Gasteiger partial charge in [0.25, 0.3) is 5.91 Å². The number of anilines is 2. The Balaban J connectivity index is 1.42. The molecule has 2 aliphatic rings. The zero-order chi connectivity index (χ0) is 31.8. The van der Waals surface area contributed by atoms with Crippen LogP contribution in [0.1, 0.15) is 61.8 Å². The number of pyridine rings is 2. The smallest absolute Gasteiger partial charge is 0.407 e. The number of carbonyl (C=O) groups excluding carboxylic acids is 2. The van der Waals surface area contributed by atoms with Gasteiger partial charge < -0.3 is 24.8 Å². The summed E-state index contributed by atoms with van der Waals surface area (Å²) in [6.07, 6.45) is 7.32. The predicted octanol–water partition coefficient (Wildman–Crippen LogP) is 5.54. The Labute approximate surface area is 256 Å². The molecule has 0 spiro atoms. The van der Waals surface area contributed by atoms with Crippen molar-refractivity contribution >= 4 is 34.6 Å². The number of nitrogens with one attached hydrogen (secondary N) is 2. The van der Waals surface area contributed by atoms with Gasteiger partial charge in [-0.05, 0) is 75.3 Å². The summed E-state index contributed by atoms with van der Waals surface area (Å²) in [6.45, 7) is 6.52. The Hall–Kier alpha value is -3.84. The van der Waals surface area contributed by atoms with Gasteiger partial charge >= 0.3 is 6.09 Å². The number of benzene rings is 1.